The second-order valence-corrected chi connectivity index (χ2v) is 4.52. The molecule has 0 spiro atoms. The molecule has 3 rings (SSSR count). The number of benzene rings is 2. The van der Waals surface area contributed by atoms with Gasteiger partial charge in [0.05, 0.1) is 12.2 Å². The Hall–Kier alpha value is -2.23. The third-order valence-corrected chi connectivity index (χ3v) is 3.21. The van der Waals surface area contributed by atoms with E-state index in [9.17, 15) is 9.50 Å². The first kappa shape index (κ1) is 11.8. The number of hydrogen-bond acceptors (Lipinski definition) is 3. The van der Waals surface area contributed by atoms with Crippen molar-refractivity contribution in [1.82, 2.24) is 0 Å². The van der Waals surface area contributed by atoms with E-state index < -0.39 is 5.82 Å². The van der Waals surface area contributed by atoms with E-state index in [2.05, 4.69) is 4.90 Å². The highest BCUT2D eigenvalue weighted by atomic mass is 19.1. The van der Waals surface area contributed by atoms with E-state index in [-0.39, 0.29) is 5.75 Å². The molecule has 0 fully saturated rings. The minimum Gasteiger partial charge on any atom is -0.505 e. The average molecular weight is 259 g/mol. The Morgan fingerprint density at radius 2 is 2.05 bits per heavy atom. The van der Waals surface area contributed by atoms with Gasteiger partial charge in [-0.15, -0.1) is 0 Å². The van der Waals surface area contributed by atoms with Gasteiger partial charge in [-0.2, -0.15) is 0 Å². The molecule has 0 saturated carbocycles. The van der Waals surface area contributed by atoms with Crippen molar-refractivity contribution in [2.45, 2.75) is 6.54 Å². The van der Waals surface area contributed by atoms with E-state index in [1.807, 2.05) is 24.3 Å². The molecule has 19 heavy (non-hydrogen) atoms. The second kappa shape index (κ2) is 4.80. The number of fused-ring (bicyclic) bond motifs is 1. The van der Waals surface area contributed by atoms with E-state index in [4.69, 9.17) is 4.74 Å². The van der Waals surface area contributed by atoms with E-state index in [1.165, 1.54) is 12.1 Å². The molecule has 0 amide bonds. The number of anilines is 1. The first-order chi connectivity index (χ1) is 9.24. The smallest absolute Gasteiger partial charge is 0.164 e. The van der Waals surface area contributed by atoms with Gasteiger partial charge < -0.3 is 14.7 Å². The maximum absolute atomic E-state index is 13.0. The van der Waals surface area contributed by atoms with Crippen LogP contribution < -0.4 is 9.64 Å². The molecular weight excluding hydrogens is 245 g/mol. The number of hydrogen-bond donors (Lipinski definition) is 1. The number of ether oxygens (including phenoxy) is 1. The molecule has 0 saturated heterocycles. The van der Waals surface area contributed by atoms with Gasteiger partial charge in [-0.25, -0.2) is 4.39 Å². The number of rotatable bonds is 2. The Balaban J connectivity index is 1.86. The lowest BCUT2D eigenvalue weighted by Crippen LogP contribution is -2.32. The lowest BCUT2D eigenvalue weighted by molar-refractivity contribution is 0.307. The van der Waals surface area contributed by atoms with Gasteiger partial charge >= 0.3 is 0 Å². The molecular formula is C15H14FNO2. The van der Waals surface area contributed by atoms with Crippen molar-refractivity contribution in [3.63, 3.8) is 0 Å². The molecule has 0 atom stereocenters. The summed E-state index contributed by atoms with van der Waals surface area (Å²) in [5.74, 6) is -0.0368. The third kappa shape index (κ3) is 2.34. The summed E-state index contributed by atoms with van der Waals surface area (Å²) in [6.45, 7) is 2.02. The van der Waals surface area contributed by atoms with Crippen LogP contribution in [0.15, 0.2) is 42.5 Å². The van der Waals surface area contributed by atoms with Crippen LogP contribution in [0.25, 0.3) is 0 Å². The maximum atomic E-state index is 13.0. The summed E-state index contributed by atoms with van der Waals surface area (Å²) in [4.78, 5) is 2.16. The van der Waals surface area contributed by atoms with E-state index in [1.54, 1.807) is 6.07 Å². The molecule has 98 valence electrons. The zero-order valence-corrected chi connectivity index (χ0v) is 10.3. The normalized spacial score (nSPS) is 13.8. The highest BCUT2D eigenvalue weighted by molar-refractivity contribution is 5.60. The quantitative estimate of drug-likeness (QED) is 0.900. The first-order valence-electron chi connectivity index (χ1n) is 6.18. The minimum atomic E-state index is -0.592. The van der Waals surface area contributed by atoms with Crippen molar-refractivity contribution >= 4 is 5.69 Å². The zero-order valence-electron chi connectivity index (χ0n) is 10.3. The fourth-order valence-corrected chi connectivity index (χ4v) is 2.27. The van der Waals surface area contributed by atoms with E-state index >= 15 is 0 Å². The zero-order chi connectivity index (χ0) is 13.2. The molecule has 1 heterocycles. The second-order valence-electron chi connectivity index (χ2n) is 4.52. The van der Waals surface area contributed by atoms with Gasteiger partial charge in [0.2, 0.25) is 0 Å². The molecule has 0 bridgehead atoms. The summed E-state index contributed by atoms with van der Waals surface area (Å²) in [7, 11) is 0. The average Bonchev–Trinajstić information content (AvgIpc) is 2.43. The largest absolute Gasteiger partial charge is 0.505 e. The van der Waals surface area contributed by atoms with Gasteiger partial charge in [0.15, 0.2) is 11.6 Å². The summed E-state index contributed by atoms with van der Waals surface area (Å²) in [6.07, 6.45) is 0. The fourth-order valence-electron chi connectivity index (χ4n) is 2.27. The molecule has 3 nitrogen and oxygen atoms in total. The molecule has 1 aliphatic heterocycles. The van der Waals surface area contributed by atoms with Crippen molar-refractivity contribution in [2.75, 3.05) is 18.1 Å². The van der Waals surface area contributed by atoms with Crippen molar-refractivity contribution in [2.24, 2.45) is 0 Å². The predicted molar refractivity (Wildman–Crippen MR) is 71.1 cm³/mol. The van der Waals surface area contributed by atoms with Gasteiger partial charge in [0.1, 0.15) is 12.4 Å². The van der Waals surface area contributed by atoms with Crippen LogP contribution in [0, 0.1) is 5.82 Å². The molecule has 4 heteroatoms. The van der Waals surface area contributed by atoms with Gasteiger partial charge in [0, 0.05) is 6.54 Å². The molecule has 0 aromatic heterocycles. The van der Waals surface area contributed by atoms with Crippen LogP contribution in [-0.2, 0) is 6.54 Å². The van der Waals surface area contributed by atoms with Crippen LogP contribution in [0.2, 0.25) is 0 Å². The van der Waals surface area contributed by atoms with Crippen LogP contribution in [0.1, 0.15) is 5.56 Å². The standard InChI is InChI=1S/C15H14FNO2/c16-12-6-5-11(9-14(12)18)10-17-7-8-19-15-4-2-1-3-13(15)17/h1-6,9,18H,7-8,10H2. The van der Waals surface area contributed by atoms with E-state index in [0.29, 0.717) is 13.2 Å². The van der Waals surface area contributed by atoms with Crippen molar-refractivity contribution in [3.8, 4) is 11.5 Å². The summed E-state index contributed by atoms with van der Waals surface area (Å²) in [5, 5.41) is 9.41. The predicted octanol–water partition coefficient (Wildman–Crippen LogP) is 2.93. The van der Waals surface area contributed by atoms with Gasteiger partial charge in [-0.3, -0.25) is 0 Å². The number of halogens is 1. The molecule has 1 aliphatic rings. The maximum Gasteiger partial charge on any atom is 0.164 e. The van der Waals surface area contributed by atoms with E-state index in [0.717, 1.165) is 23.5 Å². The Morgan fingerprint density at radius 1 is 1.21 bits per heavy atom. The Bertz CT molecular complexity index is 600. The number of phenols is 1. The molecule has 0 unspecified atom stereocenters. The summed E-state index contributed by atoms with van der Waals surface area (Å²) >= 11 is 0. The summed E-state index contributed by atoms with van der Waals surface area (Å²) < 4.78 is 18.6. The van der Waals surface area contributed by atoms with Crippen LogP contribution in [0.4, 0.5) is 10.1 Å². The lowest BCUT2D eigenvalue weighted by atomic mass is 10.1. The molecule has 2 aromatic rings. The monoisotopic (exact) mass is 259 g/mol. The SMILES string of the molecule is Oc1cc(CN2CCOc3ccccc32)ccc1F. The number of nitrogens with zero attached hydrogens (tertiary/aromatic N) is 1. The van der Waals surface area contributed by atoms with Crippen molar-refractivity contribution in [1.29, 1.82) is 0 Å². The number of para-hydroxylation sites is 2. The summed E-state index contributed by atoms with van der Waals surface area (Å²) in [5.41, 5.74) is 1.90. The van der Waals surface area contributed by atoms with Crippen molar-refractivity contribution < 1.29 is 14.2 Å². The fraction of sp³-hybridized carbons (Fsp3) is 0.200. The third-order valence-electron chi connectivity index (χ3n) is 3.21. The van der Waals surface area contributed by atoms with Crippen LogP contribution in [0.3, 0.4) is 0 Å². The summed E-state index contributed by atoms with van der Waals surface area (Å²) in [6, 6.07) is 12.3. The highest BCUT2D eigenvalue weighted by Gasteiger charge is 2.17. The molecule has 0 aliphatic carbocycles. The Kier molecular flexibility index (Phi) is 2.99. The van der Waals surface area contributed by atoms with Crippen LogP contribution >= 0.6 is 0 Å². The lowest BCUT2D eigenvalue weighted by Gasteiger charge is -2.31. The topological polar surface area (TPSA) is 32.7 Å². The Labute approximate surface area is 110 Å². The van der Waals surface area contributed by atoms with Crippen molar-refractivity contribution in [3.05, 3.63) is 53.8 Å². The van der Waals surface area contributed by atoms with Gasteiger partial charge in [0.25, 0.3) is 0 Å². The minimum absolute atomic E-state index is 0.306. The molecule has 2 aromatic carbocycles. The van der Waals surface area contributed by atoms with Gasteiger partial charge in [-0.1, -0.05) is 18.2 Å². The van der Waals surface area contributed by atoms with Crippen LogP contribution in [-0.4, -0.2) is 18.3 Å². The van der Waals surface area contributed by atoms with Gasteiger partial charge in [-0.05, 0) is 29.8 Å². The van der Waals surface area contributed by atoms with Crippen LogP contribution in [0.5, 0.6) is 11.5 Å². The number of aromatic hydroxyl groups is 1. The molecule has 0 radical (unpaired) electrons. The molecule has 1 N–H and O–H groups in total. The Morgan fingerprint density at radius 3 is 2.89 bits per heavy atom. The highest BCUT2D eigenvalue weighted by Crippen LogP contribution is 2.32. The number of phenolic OH excluding ortho intramolecular Hbond substituents is 1. The first-order valence-corrected chi connectivity index (χ1v) is 6.18.